The van der Waals surface area contributed by atoms with Crippen LogP contribution in [-0.2, 0) is 6.18 Å². The van der Waals surface area contributed by atoms with Crippen LogP contribution in [0.25, 0.3) is 11.4 Å². The monoisotopic (exact) mass is 405 g/mol. The first kappa shape index (κ1) is 18.8. The molecule has 1 aliphatic heterocycles. The fourth-order valence-electron chi connectivity index (χ4n) is 2.72. The lowest BCUT2D eigenvalue weighted by atomic mass is 10.1. The molecule has 1 amide bonds. The van der Waals surface area contributed by atoms with Crippen LogP contribution in [0.15, 0.2) is 47.0 Å². The minimum Gasteiger partial charge on any atom is -0.454 e. The lowest BCUT2D eigenvalue weighted by molar-refractivity contribution is -0.137. The number of benzene rings is 2. The second-order valence-electron chi connectivity index (χ2n) is 6.29. The van der Waals surface area contributed by atoms with E-state index in [0.717, 1.165) is 24.3 Å². The van der Waals surface area contributed by atoms with Crippen LogP contribution in [-0.4, -0.2) is 22.8 Å². The van der Waals surface area contributed by atoms with Crippen LogP contribution in [0.1, 0.15) is 34.8 Å². The maximum atomic E-state index is 12.6. The van der Waals surface area contributed by atoms with E-state index >= 15 is 0 Å². The highest BCUT2D eigenvalue weighted by molar-refractivity contribution is 5.94. The Kier molecular flexibility index (Phi) is 4.61. The lowest BCUT2D eigenvalue weighted by Gasteiger charge is -2.11. The number of rotatable bonds is 4. The number of ether oxygens (including phenoxy) is 2. The van der Waals surface area contributed by atoms with Crippen LogP contribution in [0.5, 0.6) is 11.5 Å². The zero-order chi connectivity index (χ0) is 20.6. The highest BCUT2D eigenvalue weighted by atomic mass is 19.4. The molecular weight excluding hydrogens is 391 g/mol. The zero-order valence-corrected chi connectivity index (χ0v) is 15.0. The van der Waals surface area contributed by atoms with Crippen molar-refractivity contribution < 1.29 is 32.0 Å². The molecule has 0 spiro atoms. The van der Waals surface area contributed by atoms with Gasteiger partial charge in [0, 0.05) is 11.1 Å². The maximum Gasteiger partial charge on any atom is 0.416 e. The summed E-state index contributed by atoms with van der Waals surface area (Å²) in [6.07, 6.45) is -4.46. The summed E-state index contributed by atoms with van der Waals surface area (Å²) in [6.45, 7) is 1.77. The van der Waals surface area contributed by atoms with Crippen LogP contribution in [0, 0.1) is 0 Å². The summed E-state index contributed by atoms with van der Waals surface area (Å²) >= 11 is 0. The Morgan fingerprint density at radius 2 is 1.83 bits per heavy atom. The van der Waals surface area contributed by atoms with Gasteiger partial charge in [-0.25, -0.2) is 0 Å². The molecule has 0 bridgehead atoms. The summed E-state index contributed by atoms with van der Waals surface area (Å²) in [5.41, 5.74) is -0.0988. The number of carbonyl (C=O) groups is 1. The van der Waals surface area contributed by atoms with Gasteiger partial charge >= 0.3 is 6.18 Å². The number of amides is 1. The molecule has 1 N–H and O–H groups in total. The van der Waals surface area contributed by atoms with Gasteiger partial charge in [-0.3, -0.25) is 4.79 Å². The molecule has 1 unspecified atom stereocenters. The van der Waals surface area contributed by atoms with Gasteiger partial charge in [0.15, 0.2) is 11.5 Å². The molecule has 1 aromatic heterocycles. The van der Waals surface area contributed by atoms with Gasteiger partial charge in [-0.2, -0.15) is 18.2 Å². The molecule has 7 nitrogen and oxygen atoms in total. The molecule has 2 heterocycles. The predicted molar refractivity (Wildman–Crippen MR) is 93.2 cm³/mol. The zero-order valence-electron chi connectivity index (χ0n) is 15.0. The van der Waals surface area contributed by atoms with Gasteiger partial charge in [-0.1, -0.05) is 5.16 Å². The SMILES string of the molecule is CC(NC(=O)c1ccc(C(F)(F)F)cc1)c1nc(-c2ccc3c(c2)OCO3)no1. The third kappa shape index (κ3) is 3.86. The molecule has 1 aliphatic rings. The fraction of sp³-hybridized carbons (Fsp3) is 0.211. The molecule has 0 radical (unpaired) electrons. The summed E-state index contributed by atoms with van der Waals surface area (Å²) in [7, 11) is 0. The van der Waals surface area contributed by atoms with Crippen LogP contribution in [0.3, 0.4) is 0 Å². The van der Waals surface area contributed by atoms with E-state index in [1.54, 1.807) is 25.1 Å². The van der Waals surface area contributed by atoms with Crippen LogP contribution < -0.4 is 14.8 Å². The van der Waals surface area contributed by atoms with Crippen molar-refractivity contribution >= 4 is 5.91 Å². The van der Waals surface area contributed by atoms with Crippen molar-refractivity contribution in [3.05, 3.63) is 59.5 Å². The smallest absolute Gasteiger partial charge is 0.416 e. The van der Waals surface area contributed by atoms with Crippen molar-refractivity contribution in [1.29, 1.82) is 0 Å². The van der Waals surface area contributed by atoms with Gasteiger partial charge in [0.2, 0.25) is 18.5 Å². The number of nitrogens with one attached hydrogen (secondary N) is 1. The molecular formula is C19H14F3N3O4. The van der Waals surface area contributed by atoms with Gasteiger partial charge in [-0.15, -0.1) is 0 Å². The highest BCUT2D eigenvalue weighted by Gasteiger charge is 2.30. The summed E-state index contributed by atoms with van der Waals surface area (Å²) in [4.78, 5) is 16.5. The third-order valence-electron chi connectivity index (χ3n) is 4.26. The first-order valence-electron chi connectivity index (χ1n) is 8.53. The molecule has 0 aliphatic carbocycles. The number of nitrogens with zero attached hydrogens (tertiary/aromatic N) is 2. The van der Waals surface area contributed by atoms with E-state index in [2.05, 4.69) is 15.5 Å². The summed E-state index contributed by atoms with van der Waals surface area (Å²) in [6, 6.07) is 8.45. The quantitative estimate of drug-likeness (QED) is 0.707. The van der Waals surface area contributed by atoms with E-state index in [1.165, 1.54) is 0 Å². The number of hydrogen-bond acceptors (Lipinski definition) is 6. The Labute approximate surface area is 162 Å². The Morgan fingerprint density at radius 1 is 1.10 bits per heavy atom. The number of alkyl halides is 3. The van der Waals surface area contributed by atoms with Crippen molar-refractivity contribution in [3.63, 3.8) is 0 Å². The summed E-state index contributed by atoms with van der Waals surface area (Å²) in [5.74, 6) is 1.08. The normalized spacial score (nSPS) is 13.9. The van der Waals surface area contributed by atoms with Gasteiger partial charge in [0.25, 0.3) is 5.91 Å². The molecule has 3 aromatic rings. The predicted octanol–water partition coefficient (Wildman–Crippen LogP) is 3.98. The number of aromatic nitrogens is 2. The molecule has 0 fully saturated rings. The van der Waals surface area contributed by atoms with Gasteiger partial charge in [0.1, 0.15) is 6.04 Å². The maximum absolute atomic E-state index is 12.6. The van der Waals surface area contributed by atoms with E-state index < -0.39 is 23.7 Å². The molecule has 1 atom stereocenters. The first-order chi connectivity index (χ1) is 13.8. The largest absolute Gasteiger partial charge is 0.454 e. The number of fused-ring (bicyclic) bond motifs is 1. The van der Waals surface area contributed by atoms with Crippen molar-refractivity contribution in [1.82, 2.24) is 15.5 Å². The Bertz CT molecular complexity index is 1050. The van der Waals surface area contributed by atoms with Crippen molar-refractivity contribution in [2.45, 2.75) is 19.1 Å². The number of hydrogen-bond donors (Lipinski definition) is 1. The minimum absolute atomic E-state index is 0.0837. The van der Waals surface area contributed by atoms with E-state index in [0.29, 0.717) is 22.9 Å². The molecule has 0 saturated carbocycles. The first-order valence-corrected chi connectivity index (χ1v) is 8.53. The fourth-order valence-corrected chi connectivity index (χ4v) is 2.72. The van der Waals surface area contributed by atoms with Crippen LogP contribution in [0.4, 0.5) is 13.2 Å². The van der Waals surface area contributed by atoms with Crippen LogP contribution >= 0.6 is 0 Å². The molecule has 2 aromatic carbocycles. The standard InChI is InChI=1S/C19H14F3N3O4/c1-10(23-17(26)11-2-5-13(6-3-11)19(20,21)22)18-24-16(25-29-18)12-4-7-14-15(8-12)28-9-27-14/h2-8,10H,9H2,1H3,(H,23,26). The molecule has 29 heavy (non-hydrogen) atoms. The van der Waals surface area contributed by atoms with E-state index in [4.69, 9.17) is 14.0 Å². The Hall–Kier alpha value is -3.56. The van der Waals surface area contributed by atoms with Gasteiger partial charge < -0.3 is 19.3 Å². The van der Waals surface area contributed by atoms with Gasteiger partial charge in [-0.05, 0) is 49.4 Å². The second-order valence-corrected chi connectivity index (χ2v) is 6.29. The van der Waals surface area contributed by atoms with Crippen molar-refractivity contribution in [3.8, 4) is 22.9 Å². The molecule has 10 heteroatoms. The number of halogens is 3. The number of carbonyl (C=O) groups excluding carboxylic acids is 1. The summed E-state index contributed by atoms with van der Waals surface area (Å²) in [5, 5.41) is 6.51. The molecule has 4 rings (SSSR count). The third-order valence-corrected chi connectivity index (χ3v) is 4.26. The summed E-state index contributed by atoms with van der Waals surface area (Å²) < 4.78 is 53.6. The van der Waals surface area contributed by atoms with Crippen LogP contribution in [0.2, 0.25) is 0 Å². The van der Waals surface area contributed by atoms with Gasteiger partial charge in [0.05, 0.1) is 5.56 Å². The topological polar surface area (TPSA) is 86.5 Å². The lowest BCUT2D eigenvalue weighted by Crippen LogP contribution is -2.26. The minimum atomic E-state index is -4.46. The average Bonchev–Trinajstić information content (AvgIpc) is 3.36. The molecule has 0 saturated heterocycles. The Morgan fingerprint density at radius 3 is 2.55 bits per heavy atom. The van der Waals surface area contributed by atoms with E-state index in [9.17, 15) is 18.0 Å². The molecule has 150 valence electrons. The van der Waals surface area contributed by atoms with Crippen molar-refractivity contribution in [2.24, 2.45) is 0 Å². The van der Waals surface area contributed by atoms with E-state index in [-0.39, 0.29) is 18.2 Å². The average molecular weight is 405 g/mol. The van der Waals surface area contributed by atoms with Crippen molar-refractivity contribution in [2.75, 3.05) is 6.79 Å². The highest BCUT2D eigenvalue weighted by Crippen LogP contribution is 2.35. The second kappa shape index (κ2) is 7.12. The van der Waals surface area contributed by atoms with E-state index in [1.807, 2.05) is 0 Å². The Balaban J connectivity index is 1.45.